The van der Waals surface area contributed by atoms with E-state index in [2.05, 4.69) is 17.2 Å². The van der Waals surface area contributed by atoms with Gasteiger partial charge in [0.05, 0.1) is 5.02 Å². The first-order chi connectivity index (χ1) is 13.3. The topological polar surface area (TPSA) is 67.4 Å². The molecule has 148 valence electrons. The van der Waals surface area contributed by atoms with Gasteiger partial charge < -0.3 is 15.4 Å². The number of hydrogen-bond donors (Lipinski definition) is 2. The third-order valence-electron chi connectivity index (χ3n) is 3.66. The standard InChI is InChI=1S/C20H19ClF2N2O3/c1-13(6-9-19(26)24-11-14-4-2-3-5-17(14)22)25-20(27)12-28-15-7-8-16(21)18(23)10-15/h2-5,7-8,10H,1,6,9,11-12H2,(H,24,26)(H,25,27). The Morgan fingerprint density at radius 3 is 2.50 bits per heavy atom. The molecule has 2 N–H and O–H groups in total. The van der Waals surface area contributed by atoms with Gasteiger partial charge in [-0.25, -0.2) is 8.78 Å². The van der Waals surface area contributed by atoms with Crippen molar-refractivity contribution in [3.8, 4) is 5.75 Å². The Kier molecular flexibility index (Phi) is 7.95. The van der Waals surface area contributed by atoms with Gasteiger partial charge in [0.15, 0.2) is 6.61 Å². The molecule has 0 saturated carbocycles. The SMILES string of the molecule is C=C(CCC(=O)NCc1ccccc1F)NC(=O)COc1ccc(Cl)c(F)c1. The molecule has 0 heterocycles. The lowest BCUT2D eigenvalue weighted by molar-refractivity contribution is -0.123. The van der Waals surface area contributed by atoms with Crippen LogP contribution in [0.5, 0.6) is 5.75 Å². The van der Waals surface area contributed by atoms with Crippen molar-refractivity contribution < 1.29 is 23.1 Å². The molecule has 2 rings (SSSR count). The monoisotopic (exact) mass is 408 g/mol. The van der Waals surface area contributed by atoms with Gasteiger partial charge in [-0.2, -0.15) is 0 Å². The summed E-state index contributed by atoms with van der Waals surface area (Å²) in [5, 5.41) is 5.05. The normalized spacial score (nSPS) is 10.2. The largest absolute Gasteiger partial charge is 0.484 e. The van der Waals surface area contributed by atoms with Crippen LogP contribution in [0.2, 0.25) is 5.02 Å². The number of amides is 2. The first-order valence-corrected chi connectivity index (χ1v) is 8.78. The lowest BCUT2D eigenvalue weighted by Crippen LogP contribution is -2.29. The Labute approximate surface area is 166 Å². The highest BCUT2D eigenvalue weighted by Gasteiger charge is 2.09. The quantitative estimate of drug-likeness (QED) is 0.664. The van der Waals surface area contributed by atoms with Crippen molar-refractivity contribution in [2.75, 3.05) is 6.61 Å². The molecule has 2 aromatic carbocycles. The summed E-state index contributed by atoms with van der Waals surface area (Å²) in [5.74, 6) is -1.67. The van der Waals surface area contributed by atoms with Gasteiger partial charge in [-0.15, -0.1) is 0 Å². The fraction of sp³-hybridized carbons (Fsp3) is 0.200. The maximum absolute atomic E-state index is 13.5. The van der Waals surface area contributed by atoms with Crippen LogP contribution in [-0.4, -0.2) is 18.4 Å². The molecule has 28 heavy (non-hydrogen) atoms. The van der Waals surface area contributed by atoms with Crippen LogP contribution in [0.4, 0.5) is 8.78 Å². The molecule has 0 aliphatic carbocycles. The summed E-state index contributed by atoms with van der Waals surface area (Å²) in [7, 11) is 0. The highest BCUT2D eigenvalue weighted by atomic mass is 35.5. The Hall–Kier alpha value is -2.93. The van der Waals surface area contributed by atoms with E-state index < -0.39 is 11.7 Å². The van der Waals surface area contributed by atoms with Crippen molar-refractivity contribution in [3.05, 3.63) is 77.0 Å². The summed E-state index contributed by atoms with van der Waals surface area (Å²) in [6.45, 7) is 3.41. The van der Waals surface area contributed by atoms with E-state index >= 15 is 0 Å². The minimum atomic E-state index is -0.648. The molecular weight excluding hydrogens is 390 g/mol. The zero-order valence-corrected chi connectivity index (χ0v) is 15.7. The van der Waals surface area contributed by atoms with Crippen molar-refractivity contribution >= 4 is 23.4 Å². The summed E-state index contributed by atoms with van der Waals surface area (Å²) < 4.78 is 31.9. The Balaban J connectivity index is 1.66. The average Bonchev–Trinajstić information content (AvgIpc) is 2.66. The molecule has 0 bridgehead atoms. The molecule has 0 fully saturated rings. The number of ether oxygens (including phenoxy) is 1. The van der Waals surface area contributed by atoms with Crippen LogP contribution in [0.3, 0.4) is 0 Å². The van der Waals surface area contributed by atoms with E-state index in [1.807, 2.05) is 0 Å². The van der Waals surface area contributed by atoms with E-state index in [9.17, 15) is 18.4 Å². The molecule has 0 spiro atoms. The first-order valence-electron chi connectivity index (χ1n) is 8.40. The van der Waals surface area contributed by atoms with E-state index in [-0.39, 0.29) is 48.5 Å². The van der Waals surface area contributed by atoms with Crippen LogP contribution in [0.25, 0.3) is 0 Å². The number of carbonyl (C=O) groups excluding carboxylic acids is 2. The highest BCUT2D eigenvalue weighted by Crippen LogP contribution is 2.20. The van der Waals surface area contributed by atoms with Crippen LogP contribution in [0.1, 0.15) is 18.4 Å². The molecule has 8 heteroatoms. The maximum atomic E-state index is 13.5. The van der Waals surface area contributed by atoms with Gasteiger partial charge in [-0.1, -0.05) is 36.4 Å². The smallest absolute Gasteiger partial charge is 0.262 e. The van der Waals surface area contributed by atoms with Crippen molar-refractivity contribution in [2.45, 2.75) is 19.4 Å². The number of hydrogen-bond acceptors (Lipinski definition) is 3. The Morgan fingerprint density at radius 2 is 1.79 bits per heavy atom. The molecule has 0 atom stereocenters. The summed E-state index contributed by atoms with van der Waals surface area (Å²) in [5.41, 5.74) is 0.718. The predicted molar refractivity (Wildman–Crippen MR) is 102 cm³/mol. The summed E-state index contributed by atoms with van der Waals surface area (Å²) in [6.07, 6.45) is 0.293. The van der Waals surface area contributed by atoms with E-state index in [0.29, 0.717) is 11.3 Å². The molecular formula is C20H19ClF2N2O3. The van der Waals surface area contributed by atoms with E-state index in [1.165, 1.54) is 18.2 Å². The second-order valence-electron chi connectivity index (χ2n) is 5.88. The fourth-order valence-electron chi connectivity index (χ4n) is 2.20. The van der Waals surface area contributed by atoms with Gasteiger partial charge in [0, 0.05) is 30.3 Å². The van der Waals surface area contributed by atoms with Crippen LogP contribution >= 0.6 is 11.6 Å². The zero-order valence-electron chi connectivity index (χ0n) is 14.9. The average molecular weight is 409 g/mol. The third kappa shape index (κ3) is 7.00. The molecule has 0 saturated heterocycles. The fourth-order valence-corrected chi connectivity index (χ4v) is 2.32. The lowest BCUT2D eigenvalue weighted by Gasteiger charge is -2.10. The summed E-state index contributed by atoms with van der Waals surface area (Å²) >= 11 is 5.56. The molecule has 2 amide bonds. The summed E-state index contributed by atoms with van der Waals surface area (Å²) in [6, 6.07) is 9.99. The van der Waals surface area contributed by atoms with Gasteiger partial charge in [0.2, 0.25) is 5.91 Å². The second kappa shape index (κ2) is 10.4. The Bertz CT molecular complexity index is 874. The number of halogens is 3. The lowest BCUT2D eigenvalue weighted by atomic mass is 10.2. The zero-order chi connectivity index (χ0) is 20.5. The molecule has 0 unspecified atom stereocenters. The van der Waals surface area contributed by atoms with E-state index in [4.69, 9.17) is 16.3 Å². The minimum absolute atomic E-state index is 0.0431. The molecule has 5 nitrogen and oxygen atoms in total. The van der Waals surface area contributed by atoms with Crippen LogP contribution in [0, 0.1) is 11.6 Å². The molecule has 0 aliphatic heterocycles. The third-order valence-corrected chi connectivity index (χ3v) is 3.97. The van der Waals surface area contributed by atoms with Crippen LogP contribution < -0.4 is 15.4 Å². The Morgan fingerprint density at radius 1 is 1.04 bits per heavy atom. The van der Waals surface area contributed by atoms with Crippen molar-refractivity contribution in [2.24, 2.45) is 0 Å². The number of nitrogens with one attached hydrogen (secondary N) is 2. The van der Waals surface area contributed by atoms with Crippen molar-refractivity contribution in [1.82, 2.24) is 10.6 Å². The van der Waals surface area contributed by atoms with E-state index in [0.717, 1.165) is 6.07 Å². The van der Waals surface area contributed by atoms with Gasteiger partial charge in [-0.3, -0.25) is 9.59 Å². The van der Waals surface area contributed by atoms with Gasteiger partial charge in [-0.05, 0) is 24.6 Å². The number of carbonyl (C=O) groups is 2. The molecule has 0 radical (unpaired) electrons. The number of benzene rings is 2. The van der Waals surface area contributed by atoms with Gasteiger partial charge in [0.25, 0.3) is 5.91 Å². The highest BCUT2D eigenvalue weighted by molar-refractivity contribution is 6.30. The first kappa shape index (κ1) is 21.4. The van der Waals surface area contributed by atoms with Crippen molar-refractivity contribution in [1.29, 1.82) is 0 Å². The summed E-state index contributed by atoms with van der Waals surface area (Å²) in [4.78, 5) is 23.6. The van der Waals surface area contributed by atoms with Crippen LogP contribution in [-0.2, 0) is 16.1 Å². The van der Waals surface area contributed by atoms with Gasteiger partial charge >= 0.3 is 0 Å². The minimum Gasteiger partial charge on any atom is -0.484 e. The predicted octanol–water partition coefficient (Wildman–Crippen LogP) is 3.72. The molecule has 2 aromatic rings. The van der Waals surface area contributed by atoms with Crippen molar-refractivity contribution in [3.63, 3.8) is 0 Å². The molecule has 0 aliphatic rings. The van der Waals surface area contributed by atoms with Gasteiger partial charge in [0.1, 0.15) is 17.4 Å². The second-order valence-corrected chi connectivity index (χ2v) is 6.29. The number of allylic oxidation sites excluding steroid dienone is 1. The van der Waals surface area contributed by atoms with E-state index in [1.54, 1.807) is 18.2 Å². The molecule has 0 aromatic heterocycles. The maximum Gasteiger partial charge on any atom is 0.262 e. The number of rotatable bonds is 9. The van der Waals surface area contributed by atoms with Crippen LogP contribution in [0.15, 0.2) is 54.7 Å².